The molecule has 2 saturated heterocycles. The average Bonchev–Trinajstić information content (AvgIpc) is 2.65. The number of piperidine rings is 1. The van der Waals surface area contributed by atoms with Gasteiger partial charge in [-0.25, -0.2) is 0 Å². The maximum absolute atomic E-state index is 3.67. The summed E-state index contributed by atoms with van der Waals surface area (Å²) in [5.41, 5.74) is 2.71. The zero-order chi connectivity index (χ0) is 14.1. The van der Waals surface area contributed by atoms with Crippen LogP contribution in [-0.4, -0.2) is 30.6 Å². The molecule has 0 saturated carbocycles. The van der Waals surface area contributed by atoms with Crippen LogP contribution in [0.4, 0.5) is 0 Å². The first-order chi connectivity index (χ1) is 9.63. The molecule has 0 amide bonds. The molecule has 2 atom stereocenters. The highest BCUT2D eigenvalue weighted by Gasteiger charge is 2.37. The van der Waals surface area contributed by atoms with Crippen molar-refractivity contribution in [3.8, 4) is 0 Å². The SMILES string of the molecule is Cc1cc(CNCC2CC3CCC(C2)N3C)ccc1Br. The average molecular weight is 337 g/mol. The standard InChI is InChI=1S/C17H25BrN2/c1-12-7-13(3-6-17(12)18)10-19-11-14-8-15-4-5-16(9-14)20(15)2/h3,6-7,14-16,19H,4-5,8-11H2,1-2H3. The molecule has 1 aromatic rings. The van der Waals surface area contributed by atoms with E-state index < -0.39 is 0 Å². The molecule has 20 heavy (non-hydrogen) atoms. The minimum atomic E-state index is 0.857. The van der Waals surface area contributed by atoms with Gasteiger partial charge in [-0.2, -0.15) is 0 Å². The van der Waals surface area contributed by atoms with E-state index in [9.17, 15) is 0 Å². The van der Waals surface area contributed by atoms with Gasteiger partial charge in [0.2, 0.25) is 0 Å². The van der Waals surface area contributed by atoms with Gasteiger partial charge in [-0.1, -0.05) is 28.1 Å². The Morgan fingerprint density at radius 2 is 1.95 bits per heavy atom. The Bertz CT molecular complexity index is 460. The van der Waals surface area contributed by atoms with E-state index in [1.807, 2.05) is 0 Å². The number of hydrogen-bond donors (Lipinski definition) is 1. The van der Waals surface area contributed by atoms with Crippen LogP contribution in [0.1, 0.15) is 36.8 Å². The summed E-state index contributed by atoms with van der Waals surface area (Å²) in [5.74, 6) is 0.875. The van der Waals surface area contributed by atoms with Crippen molar-refractivity contribution in [2.75, 3.05) is 13.6 Å². The van der Waals surface area contributed by atoms with Crippen molar-refractivity contribution in [3.05, 3.63) is 33.8 Å². The van der Waals surface area contributed by atoms with E-state index in [0.717, 1.165) is 24.5 Å². The lowest BCUT2D eigenvalue weighted by Crippen LogP contribution is -2.42. The van der Waals surface area contributed by atoms with Crippen molar-refractivity contribution in [1.29, 1.82) is 0 Å². The number of nitrogens with zero attached hydrogens (tertiary/aromatic N) is 1. The summed E-state index contributed by atoms with van der Waals surface area (Å²) in [6.45, 7) is 4.33. The molecule has 2 nitrogen and oxygen atoms in total. The number of aryl methyl sites for hydroxylation is 1. The Morgan fingerprint density at radius 1 is 1.25 bits per heavy atom. The fourth-order valence-corrected chi connectivity index (χ4v) is 4.17. The summed E-state index contributed by atoms with van der Waals surface area (Å²) in [6, 6.07) is 8.35. The largest absolute Gasteiger partial charge is 0.312 e. The first kappa shape index (κ1) is 14.6. The van der Waals surface area contributed by atoms with Crippen molar-refractivity contribution < 1.29 is 0 Å². The predicted octanol–water partition coefficient (Wildman–Crippen LogP) is 3.72. The number of hydrogen-bond acceptors (Lipinski definition) is 2. The summed E-state index contributed by atoms with van der Waals surface area (Å²) in [5, 5.41) is 3.67. The Morgan fingerprint density at radius 3 is 2.60 bits per heavy atom. The summed E-state index contributed by atoms with van der Waals surface area (Å²) in [6.07, 6.45) is 5.62. The quantitative estimate of drug-likeness (QED) is 0.901. The van der Waals surface area contributed by atoms with Gasteiger partial charge in [0, 0.05) is 23.1 Å². The zero-order valence-electron chi connectivity index (χ0n) is 12.5. The van der Waals surface area contributed by atoms with Gasteiger partial charge in [0.25, 0.3) is 0 Å². The van der Waals surface area contributed by atoms with Gasteiger partial charge in [0.1, 0.15) is 0 Å². The lowest BCUT2D eigenvalue weighted by molar-refractivity contribution is 0.133. The maximum Gasteiger partial charge on any atom is 0.0205 e. The highest BCUT2D eigenvalue weighted by molar-refractivity contribution is 9.10. The summed E-state index contributed by atoms with van der Waals surface area (Å²) in [7, 11) is 2.32. The molecular formula is C17H25BrN2. The Hall–Kier alpha value is -0.380. The minimum absolute atomic E-state index is 0.857. The van der Waals surface area contributed by atoms with E-state index in [1.165, 1.54) is 47.8 Å². The van der Waals surface area contributed by atoms with Crippen LogP contribution in [0.3, 0.4) is 0 Å². The molecule has 1 N–H and O–H groups in total. The van der Waals surface area contributed by atoms with Crippen LogP contribution in [0.2, 0.25) is 0 Å². The molecule has 2 unspecified atom stereocenters. The molecule has 3 heteroatoms. The van der Waals surface area contributed by atoms with Gasteiger partial charge in [-0.15, -0.1) is 0 Å². The highest BCUT2D eigenvalue weighted by Crippen LogP contribution is 2.37. The maximum atomic E-state index is 3.67. The van der Waals surface area contributed by atoms with Crippen molar-refractivity contribution in [2.24, 2.45) is 5.92 Å². The molecule has 2 aliphatic rings. The second kappa shape index (κ2) is 6.17. The third-order valence-electron chi connectivity index (χ3n) is 5.18. The Balaban J connectivity index is 1.47. The zero-order valence-corrected chi connectivity index (χ0v) is 14.1. The van der Waals surface area contributed by atoms with Crippen molar-refractivity contribution in [2.45, 2.75) is 51.2 Å². The summed E-state index contributed by atoms with van der Waals surface area (Å²) in [4.78, 5) is 2.62. The molecular weight excluding hydrogens is 312 g/mol. The third kappa shape index (κ3) is 3.10. The molecule has 2 heterocycles. The molecule has 2 aliphatic heterocycles. The fraction of sp³-hybridized carbons (Fsp3) is 0.647. The molecule has 0 aromatic heterocycles. The van der Waals surface area contributed by atoms with Crippen LogP contribution < -0.4 is 5.32 Å². The number of halogens is 1. The Kier molecular flexibility index (Phi) is 4.49. The van der Waals surface area contributed by atoms with Crippen LogP contribution in [0.5, 0.6) is 0 Å². The normalized spacial score (nSPS) is 29.9. The summed E-state index contributed by atoms with van der Waals surface area (Å²) < 4.78 is 1.20. The second-order valence-corrected chi connectivity index (χ2v) is 7.46. The van der Waals surface area contributed by atoms with Gasteiger partial charge >= 0.3 is 0 Å². The van der Waals surface area contributed by atoms with E-state index >= 15 is 0 Å². The molecule has 1 aromatic carbocycles. The molecule has 2 bridgehead atoms. The van der Waals surface area contributed by atoms with E-state index in [0.29, 0.717) is 0 Å². The lowest BCUT2D eigenvalue weighted by Gasteiger charge is -2.36. The van der Waals surface area contributed by atoms with E-state index in [4.69, 9.17) is 0 Å². The van der Waals surface area contributed by atoms with Crippen molar-refractivity contribution in [3.63, 3.8) is 0 Å². The second-order valence-electron chi connectivity index (χ2n) is 6.60. The number of fused-ring (bicyclic) bond motifs is 2. The van der Waals surface area contributed by atoms with Crippen molar-refractivity contribution in [1.82, 2.24) is 10.2 Å². The summed E-state index contributed by atoms with van der Waals surface area (Å²) >= 11 is 3.56. The van der Waals surface area contributed by atoms with Crippen LogP contribution in [0.25, 0.3) is 0 Å². The molecule has 0 radical (unpaired) electrons. The van der Waals surface area contributed by atoms with Crippen molar-refractivity contribution >= 4 is 15.9 Å². The number of nitrogens with one attached hydrogen (secondary N) is 1. The number of benzene rings is 1. The van der Waals surface area contributed by atoms with Gasteiger partial charge < -0.3 is 10.2 Å². The fourth-order valence-electron chi connectivity index (χ4n) is 3.93. The van der Waals surface area contributed by atoms with E-state index in [2.05, 4.69) is 58.3 Å². The van der Waals surface area contributed by atoms with Crippen LogP contribution in [0.15, 0.2) is 22.7 Å². The smallest absolute Gasteiger partial charge is 0.0205 e. The Labute approximate surface area is 131 Å². The molecule has 2 fully saturated rings. The minimum Gasteiger partial charge on any atom is -0.312 e. The van der Waals surface area contributed by atoms with Gasteiger partial charge in [0.05, 0.1) is 0 Å². The number of rotatable bonds is 4. The monoisotopic (exact) mass is 336 g/mol. The van der Waals surface area contributed by atoms with Crippen LogP contribution in [0, 0.1) is 12.8 Å². The van der Waals surface area contributed by atoms with Crippen LogP contribution in [-0.2, 0) is 6.54 Å². The molecule has 0 aliphatic carbocycles. The van der Waals surface area contributed by atoms with Gasteiger partial charge in [0.15, 0.2) is 0 Å². The molecule has 0 spiro atoms. The third-order valence-corrected chi connectivity index (χ3v) is 6.07. The van der Waals surface area contributed by atoms with Crippen LogP contribution >= 0.6 is 15.9 Å². The van der Waals surface area contributed by atoms with Gasteiger partial charge in [-0.3, -0.25) is 0 Å². The first-order valence-electron chi connectivity index (χ1n) is 7.81. The predicted molar refractivity (Wildman–Crippen MR) is 87.9 cm³/mol. The van der Waals surface area contributed by atoms with E-state index in [-0.39, 0.29) is 0 Å². The highest BCUT2D eigenvalue weighted by atomic mass is 79.9. The molecule has 3 rings (SSSR count). The first-order valence-corrected chi connectivity index (χ1v) is 8.60. The van der Waals surface area contributed by atoms with E-state index in [1.54, 1.807) is 0 Å². The molecule has 110 valence electrons. The topological polar surface area (TPSA) is 15.3 Å². The van der Waals surface area contributed by atoms with Gasteiger partial charge in [-0.05, 0) is 69.3 Å². The lowest BCUT2D eigenvalue weighted by atomic mass is 9.91.